The minimum Gasteiger partial charge on any atom is -0.487 e. The number of ether oxygens (including phenoxy) is 1. The molecule has 4 aromatic heterocycles. The highest BCUT2D eigenvalue weighted by atomic mass is 32.1. The van der Waals surface area contributed by atoms with Crippen LogP contribution in [0.1, 0.15) is 16.1 Å². The molecule has 4 rings (SSSR count). The average Bonchev–Trinajstić information content (AvgIpc) is 3.33. The molecule has 8 nitrogen and oxygen atoms in total. The molecule has 1 amide bonds. The van der Waals surface area contributed by atoms with Gasteiger partial charge in [-0.15, -0.1) is 5.10 Å². The Morgan fingerprint density at radius 3 is 2.93 bits per heavy atom. The van der Waals surface area contributed by atoms with E-state index in [0.29, 0.717) is 29.4 Å². The number of nitrogens with two attached hydrogens (primary N) is 1. The van der Waals surface area contributed by atoms with Crippen molar-refractivity contribution in [1.82, 2.24) is 24.9 Å². The number of amides is 1. The van der Waals surface area contributed by atoms with E-state index in [2.05, 4.69) is 20.4 Å². The van der Waals surface area contributed by atoms with Crippen LogP contribution in [-0.2, 0) is 6.54 Å². The maximum atomic E-state index is 12.5. The number of thiophene rings is 1. The topological polar surface area (TPSA) is 107 Å². The molecule has 0 radical (unpaired) electrons. The number of nitrogens with zero attached hydrogens (tertiary/aromatic N) is 4. The summed E-state index contributed by atoms with van der Waals surface area (Å²) < 4.78 is 6.71. The molecule has 0 fully saturated rings. The smallest absolute Gasteiger partial charge is 0.251 e. The molecule has 0 aromatic carbocycles. The van der Waals surface area contributed by atoms with E-state index in [1.165, 1.54) is 15.9 Å². The molecule has 0 saturated heterocycles. The van der Waals surface area contributed by atoms with Crippen molar-refractivity contribution in [2.24, 2.45) is 0 Å². The van der Waals surface area contributed by atoms with Gasteiger partial charge in [0.15, 0.2) is 16.5 Å². The van der Waals surface area contributed by atoms with Crippen LogP contribution in [0.15, 0.2) is 48.7 Å². The lowest BCUT2D eigenvalue weighted by Gasteiger charge is -2.06. The first-order chi connectivity index (χ1) is 13.1. The molecule has 0 aliphatic carbocycles. The van der Waals surface area contributed by atoms with Crippen LogP contribution >= 0.6 is 11.3 Å². The summed E-state index contributed by atoms with van der Waals surface area (Å²) in [5, 5.41) is 8.02. The molecule has 136 valence electrons. The first-order valence-corrected chi connectivity index (χ1v) is 8.94. The van der Waals surface area contributed by atoms with E-state index in [0.717, 1.165) is 15.6 Å². The van der Waals surface area contributed by atoms with Gasteiger partial charge in [0, 0.05) is 11.8 Å². The SMILES string of the molecule is COc1ccc(-c2nc3cc(C(=O)NCc4ccccn4)cc(N)n3n2)s1. The second-order valence-electron chi connectivity index (χ2n) is 5.70. The van der Waals surface area contributed by atoms with Gasteiger partial charge in [-0.2, -0.15) is 4.52 Å². The summed E-state index contributed by atoms with van der Waals surface area (Å²) in [6, 6.07) is 12.5. The van der Waals surface area contributed by atoms with E-state index in [4.69, 9.17) is 10.5 Å². The highest BCUT2D eigenvalue weighted by molar-refractivity contribution is 7.17. The fraction of sp³-hybridized carbons (Fsp3) is 0.111. The third-order valence-electron chi connectivity index (χ3n) is 3.89. The molecule has 3 N–H and O–H groups in total. The summed E-state index contributed by atoms with van der Waals surface area (Å²) in [7, 11) is 1.61. The van der Waals surface area contributed by atoms with Crippen LogP contribution < -0.4 is 15.8 Å². The van der Waals surface area contributed by atoms with Crippen LogP contribution in [0.3, 0.4) is 0 Å². The summed E-state index contributed by atoms with van der Waals surface area (Å²) in [4.78, 5) is 22.0. The maximum absolute atomic E-state index is 12.5. The van der Waals surface area contributed by atoms with Gasteiger partial charge in [-0.3, -0.25) is 9.78 Å². The first-order valence-electron chi connectivity index (χ1n) is 8.12. The predicted molar refractivity (Wildman–Crippen MR) is 103 cm³/mol. The predicted octanol–water partition coefficient (Wildman–Crippen LogP) is 2.37. The number of pyridine rings is 2. The van der Waals surface area contributed by atoms with Crippen molar-refractivity contribution in [2.75, 3.05) is 12.8 Å². The number of methoxy groups -OCH3 is 1. The number of hydrogen-bond donors (Lipinski definition) is 2. The standard InChI is InChI=1S/C18H16N6O2S/c1-26-16-6-5-13(27-16)17-22-15-9-11(8-14(19)24(15)23-17)18(25)21-10-12-4-2-3-7-20-12/h2-9H,10,19H2,1H3,(H,21,25). The Hall–Kier alpha value is -3.46. The van der Waals surface area contributed by atoms with Gasteiger partial charge in [-0.1, -0.05) is 17.4 Å². The zero-order valence-electron chi connectivity index (χ0n) is 14.4. The lowest BCUT2D eigenvalue weighted by Crippen LogP contribution is -2.23. The summed E-state index contributed by atoms with van der Waals surface area (Å²) >= 11 is 1.44. The number of carbonyl (C=O) groups is 1. The van der Waals surface area contributed by atoms with Crippen LogP contribution in [0, 0.1) is 0 Å². The Labute approximate surface area is 158 Å². The van der Waals surface area contributed by atoms with Crippen molar-refractivity contribution in [2.45, 2.75) is 6.54 Å². The Morgan fingerprint density at radius 1 is 1.30 bits per heavy atom. The van der Waals surface area contributed by atoms with Crippen molar-refractivity contribution in [3.8, 4) is 15.8 Å². The molecule has 9 heteroatoms. The number of carbonyl (C=O) groups excluding carboxylic acids is 1. The molecular formula is C18H16N6O2S. The summed E-state index contributed by atoms with van der Waals surface area (Å²) in [5.41, 5.74) is 7.76. The van der Waals surface area contributed by atoms with E-state index < -0.39 is 0 Å². The van der Waals surface area contributed by atoms with E-state index in [1.807, 2.05) is 30.3 Å². The van der Waals surface area contributed by atoms with Gasteiger partial charge in [0.1, 0.15) is 5.82 Å². The van der Waals surface area contributed by atoms with Gasteiger partial charge in [0.25, 0.3) is 5.91 Å². The lowest BCUT2D eigenvalue weighted by molar-refractivity contribution is 0.0950. The number of hydrogen-bond acceptors (Lipinski definition) is 7. The number of rotatable bonds is 5. The molecular weight excluding hydrogens is 364 g/mol. The van der Waals surface area contributed by atoms with Gasteiger partial charge in [-0.05, 0) is 36.4 Å². The van der Waals surface area contributed by atoms with E-state index in [1.54, 1.807) is 25.4 Å². The number of aromatic nitrogens is 4. The van der Waals surface area contributed by atoms with Crippen molar-refractivity contribution in [1.29, 1.82) is 0 Å². The quantitative estimate of drug-likeness (QED) is 0.550. The number of nitrogen functional groups attached to an aromatic ring is 1. The molecule has 4 heterocycles. The zero-order chi connectivity index (χ0) is 18.8. The minimum atomic E-state index is -0.253. The molecule has 0 aliphatic heterocycles. The minimum absolute atomic E-state index is 0.253. The zero-order valence-corrected chi connectivity index (χ0v) is 15.2. The fourth-order valence-corrected chi connectivity index (χ4v) is 3.32. The van der Waals surface area contributed by atoms with Gasteiger partial charge in [-0.25, -0.2) is 4.98 Å². The number of anilines is 1. The monoisotopic (exact) mass is 380 g/mol. The molecule has 0 saturated carbocycles. The molecule has 27 heavy (non-hydrogen) atoms. The van der Waals surface area contributed by atoms with Crippen LogP contribution in [0.2, 0.25) is 0 Å². The summed E-state index contributed by atoms with van der Waals surface area (Å²) in [6.07, 6.45) is 1.68. The largest absolute Gasteiger partial charge is 0.487 e. The number of nitrogens with one attached hydrogen (secondary N) is 1. The number of fused-ring (bicyclic) bond motifs is 1. The van der Waals surface area contributed by atoms with E-state index >= 15 is 0 Å². The van der Waals surface area contributed by atoms with Crippen molar-refractivity contribution in [3.05, 3.63) is 59.9 Å². The Balaban J connectivity index is 1.59. The third-order valence-corrected chi connectivity index (χ3v) is 4.93. The molecule has 4 aromatic rings. The Kier molecular flexibility index (Phi) is 4.43. The molecule has 0 atom stereocenters. The summed E-state index contributed by atoms with van der Waals surface area (Å²) in [5.74, 6) is 0.607. The van der Waals surface area contributed by atoms with Crippen LogP contribution in [-0.4, -0.2) is 32.6 Å². The van der Waals surface area contributed by atoms with Gasteiger partial charge in [0.2, 0.25) is 0 Å². The molecule has 0 aliphatic rings. The second-order valence-corrected chi connectivity index (χ2v) is 6.75. The molecule has 0 bridgehead atoms. The van der Waals surface area contributed by atoms with Crippen molar-refractivity contribution >= 4 is 28.7 Å². The van der Waals surface area contributed by atoms with E-state index in [-0.39, 0.29) is 5.91 Å². The van der Waals surface area contributed by atoms with Crippen LogP contribution in [0.5, 0.6) is 5.06 Å². The van der Waals surface area contributed by atoms with Crippen molar-refractivity contribution in [3.63, 3.8) is 0 Å². The average molecular weight is 380 g/mol. The molecule has 0 unspecified atom stereocenters. The van der Waals surface area contributed by atoms with E-state index in [9.17, 15) is 4.79 Å². The highest BCUT2D eigenvalue weighted by Gasteiger charge is 2.15. The molecule has 0 spiro atoms. The first kappa shape index (κ1) is 17.0. The maximum Gasteiger partial charge on any atom is 0.251 e. The Bertz CT molecular complexity index is 1110. The van der Waals surface area contributed by atoms with Gasteiger partial charge < -0.3 is 15.8 Å². The Morgan fingerprint density at radius 2 is 2.19 bits per heavy atom. The second kappa shape index (κ2) is 7.04. The normalized spacial score (nSPS) is 10.9. The highest BCUT2D eigenvalue weighted by Crippen LogP contribution is 2.31. The van der Waals surface area contributed by atoms with Crippen molar-refractivity contribution < 1.29 is 9.53 Å². The lowest BCUT2D eigenvalue weighted by atomic mass is 10.2. The fourth-order valence-electron chi connectivity index (χ4n) is 2.57. The van der Waals surface area contributed by atoms with Gasteiger partial charge in [0.05, 0.1) is 24.2 Å². The van der Waals surface area contributed by atoms with Crippen LogP contribution in [0.4, 0.5) is 5.82 Å². The third kappa shape index (κ3) is 3.44. The van der Waals surface area contributed by atoms with Crippen LogP contribution in [0.25, 0.3) is 16.3 Å². The summed E-state index contributed by atoms with van der Waals surface area (Å²) in [6.45, 7) is 0.331. The van der Waals surface area contributed by atoms with Gasteiger partial charge >= 0.3 is 0 Å².